The van der Waals surface area contributed by atoms with Gasteiger partial charge in [-0.2, -0.15) is 0 Å². The van der Waals surface area contributed by atoms with E-state index in [-0.39, 0.29) is 6.42 Å². The summed E-state index contributed by atoms with van der Waals surface area (Å²) in [6.07, 6.45) is 0.802. The summed E-state index contributed by atoms with van der Waals surface area (Å²) in [6.45, 7) is 0.436. The highest BCUT2D eigenvalue weighted by Gasteiger charge is 2.01. The zero-order valence-corrected chi connectivity index (χ0v) is 11.1. The van der Waals surface area contributed by atoms with E-state index in [2.05, 4.69) is 0 Å². The zero-order chi connectivity index (χ0) is 14.2. The lowest BCUT2D eigenvalue weighted by molar-refractivity contribution is -0.129. The summed E-state index contributed by atoms with van der Waals surface area (Å²) in [6, 6.07) is 17.9. The number of hydrogen-bond acceptors (Lipinski definition) is 3. The van der Waals surface area contributed by atoms with Crippen molar-refractivity contribution in [2.75, 3.05) is 6.61 Å². The number of amides is 1. The Morgan fingerprint density at radius 3 is 2.55 bits per heavy atom. The minimum atomic E-state index is -0.397. The van der Waals surface area contributed by atoms with Crippen LogP contribution < -0.4 is 10.2 Å². The Morgan fingerprint density at radius 1 is 1.05 bits per heavy atom. The molecular weight excluding hydrogens is 254 g/mol. The molecular formula is C16H17NO3. The van der Waals surface area contributed by atoms with Gasteiger partial charge in [-0.3, -0.25) is 10.0 Å². The number of hydroxylamine groups is 1. The van der Waals surface area contributed by atoms with Gasteiger partial charge in [0, 0.05) is 6.42 Å². The summed E-state index contributed by atoms with van der Waals surface area (Å²) in [5, 5.41) is 8.37. The van der Waals surface area contributed by atoms with Crippen LogP contribution in [0.2, 0.25) is 0 Å². The SMILES string of the molecule is O=C(CCCOc1cccc(-c2ccccc2)c1)NO. The van der Waals surface area contributed by atoms with Gasteiger partial charge >= 0.3 is 0 Å². The van der Waals surface area contributed by atoms with Crippen LogP contribution in [0.3, 0.4) is 0 Å². The molecule has 0 bridgehead atoms. The normalized spacial score (nSPS) is 10.1. The maximum atomic E-state index is 10.8. The molecule has 0 saturated carbocycles. The van der Waals surface area contributed by atoms with Gasteiger partial charge in [0.15, 0.2) is 0 Å². The Bertz CT molecular complexity index is 555. The Kier molecular flexibility index (Phi) is 5.15. The van der Waals surface area contributed by atoms with Crippen molar-refractivity contribution in [3.63, 3.8) is 0 Å². The van der Waals surface area contributed by atoms with E-state index in [4.69, 9.17) is 9.94 Å². The highest BCUT2D eigenvalue weighted by Crippen LogP contribution is 2.23. The van der Waals surface area contributed by atoms with Crippen molar-refractivity contribution in [2.24, 2.45) is 0 Å². The van der Waals surface area contributed by atoms with Crippen LogP contribution >= 0.6 is 0 Å². The highest BCUT2D eigenvalue weighted by molar-refractivity contribution is 5.74. The Balaban J connectivity index is 1.92. The van der Waals surface area contributed by atoms with E-state index in [1.54, 1.807) is 5.48 Å². The summed E-state index contributed by atoms with van der Waals surface area (Å²) in [7, 11) is 0. The molecule has 20 heavy (non-hydrogen) atoms. The molecule has 0 atom stereocenters. The first-order valence-electron chi connectivity index (χ1n) is 6.51. The quantitative estimate of drug-likeness (QED) is 0.482. The first-order chi connectivity index (χ1) is 9.79. The molecule has 4 heteroatoms. The highest BCUT2D eigenvalue weighted by atomic mass is 16.5. The molecule has 0 fully saturated rings. The van der Waals surface area contributed by atoms with Crippen LogP contribution in [-0.2, 0) is 4.79 Å². The molecule has 0 aromatic heterocycles. The van der Waals surface area contributed by atoms with Crippen LogP contribution in [0.4, 0.5) is 0 Å². The van der Waals surface area contributed by atoms with Gasteiger partial charge in [-0.25, -0.2) is 5.48 Å². The number of carbonyl (C=O) groups excluding carboxylic acids is 1. The molecule has 0 radical (unpaired) electrons. The number of ether oxygens (including phenoxy) is 1. The molecule has 0 spiro atoms. The van der Waals surface area contributed by atoms with Gasteiger partial charge in [0.1, 0.15) is 5.75 Å². The van der Waals surface area contributed by atoms with Crippen molar-refractivity contribution in [3.05, 3.63) is 54.6 Å². The fourth-order valence-electron chi connectivity index (χ4n) is 1.87. The summed E-state index contributed by atoms with van der Waals surface area (Å²) < 4.78 is 5.60. The average molecular weight is 271 g/mol. The largest absolute Gasteiger partial charge is 0.494 e. The Hall–Kier alpha value is -2.33. The molecule has 0 heterocycles. The summed E-state index contributed by atoms with van der Waals surface area (Å²) >= 11 is 0. The average Bonchev–Trinajstić information content (AvgIpc) is 2.52. The van der Waals surface area contributed by atoms with Crippen molar-refractivity contribution < 1.29 is 14.7 Å². The lowest BCUT2D eigenvalue weighted by Crippen LogP contribution is -2.18. The second-order valence-electron chi connectivity index (χ2n) is 4.38. The summed E-state index contributed by atoms with van der Waals surface area (Å²) in [4.78, 5) is 10.8. The molecule has 2 aromatic rings. The van der Waals surface area contributed by atoms with E-state index in [9.17, 15) is 4.79 Å². The predicted octanol–water partition coefficient (Wildman–Crippen LogP) is 3.02. The molecule has 2 N–H and O–H groups in total. The van der Waals surface area contributed by atoms with Crippen LogP contribution in [0, 0.1) is 0 Å². The summed E-state index contributed by atoms with van der Waals surface area (Å²) in [5.74, 6) is 0.377. The third-order valence-electron chi connectivity index (χ3n) is 2.88. The maximum absolute atomic E-state index is 10.8. The molecule has 4 nitrogen and oxygen atoms in total. The van der Waals surface area contributed by atoms with Crippen LogP contribution in [-0.4, -0.2) is 17.7 Å². The van der Waals surface area contributed by atoms with Gasteiger partial charge in [0.25, 0.3) is 0 Å². The van der Waals surface area contributed by atoms with Crippen LogP contribution in [0.5, 0.6) is 5.75 Å². The monoisotopic (exact) mass is 271 g/mol. The number of rotatable bonds is 6. The topological polar surface area (TPSA) is 58.6 Å². The fraction of sp³-hybridized carbons (Fsp3) is 0.188. The fourth-order valence-corrected chi connectivity index (χ4v) is 1.87. The second kappa shape index (κ2) is 7.31. The van der Waals surface area contributed by atoms with Crippen LogP contribution in [0.15, 0.2) is 54.6 Å². The first kappa shape index (κ1) is 14.1. The number of carbonyl (C=O) groups is 1. The molecule has 0 saturated heterocycles. The molecule has 2 aromatic carbocycles. The second-order valence-corrected chi connectivity index (χ2v) is 4.38. The smallest absolute Gasteiger partial charge is 0.243 e. The maximum Gasteiger partial charge on any atom is 0.243 e. The Labute approximate surface area is 118 Å². The lowest BCUT2D eigenvalue weighted by atomic mass is 10.1. The molecule has 2 rings (SSSR count). The third-order valence-corrected chi connectivity index (χ3v) is 2.88. The predicted molar refractivity (Wildman–Crippen MR) is 76.5 cm³/mol. The van der Waals surface area contributed by atoms with E-state index in [0.29, 0.717) is 13.0 Å². The summed E-state index contributed by atoms with van der Waals surface area (Å²) in [5.41, 5.74) is 3.83. The molecule has 1 amide bonds. The van der Waals surface area contributed by atoms with Gasteiger partial charge in [0.05, 0.1) is 6.61 Å². The standard InChI is InChI=1S/C16H17NO3/c18-16(17-19)10-5-11-20-15-9-4-8-14(12-15)13-6-2-1-3-7-13/h1-4,6-9,12,19H,5,10-11H2,(H,17,18). The van der Waals surface area contributed by atoms with Gasteiger partial charge in [-0.1, -0.05) is 42.5 Å². The van der Waals surface area contributed by atoms with Gasteiger partial charge < -0.3 is 4.74 Å². The zero-order valence-electron chi connectivity index (χ0n) is 11.1. The van der Waals surface area contributed by atoms with Gasteiger partial charge in [-0.15, -0.1) is 0 Å². The van der Waals surface area contributed by atoms with Gasteiger partial charge in [0.2, 0.25) is 5.91 Å². The number of benzene rings is 2. The molecule has 104 valence electrons. The van der Waals surface area contributed by atoms with E-state index in [1.165, 1.54) is 0 Å². The van der Waals surface area contributed by atoms with Crippen molar-refractivity contribution in [2.45, 2.75) is 12.8 Å². The van der Waals surface area contributed by atoms with E-state index < -0.39 is 5.91 Å². The van der Waals surface area contributed by atoms with E-state index in [1.807, 2.05) is 54.6 Å². The van der Waals surface area contributed by atoms with Crippen LogP contribution in [0.25, 0.3) is 11.1 Å². The molecule has 0 aliphatic heterocycles. The third kappa shape index (κ3) is 4.10. The minimum Gasteiger partial charge on any atom is -0.494 e. The van der Waals surface area contributed by atoms with Crippen LogP contribution in [0.1, 0.15) is 12.8 Å². The minimum absolute atomic E-state index is 0.245. The lowest BCUT2D eigenvalue weighted by Gasteiger charge is -2.08. The van der Waals surface area contributed by atoms with Crippen molar-refractivity contribution in [1.29, 1.82) is 0 Å². The molecule has 0 aliphatic rings. The molecule has 0 unspecified atom stereocenters. The van der Waals surface area contributed by atoms with Crippen molar-refractivity contribution in [1.82, 2.24) is 5.48 Å². The Morgan fingerprint density at radius 2 is 1.80 bits per heavy atom. The molecule has 0 aliphatic carbocycles. The number of nitrogens with one attached hydrogen (secondary N) is 1. The number of hydrogen-bond donors (Lipinski definition) is 2. The van der Waals surface area contributed by atoms with Crippen molar-refractivity contribution >= 4 is 5.91 Å². The first-order valence-corrected chi connectivity index (χ1v) is 6.51. The van der Waals surface area contributed by atoms with E-state index in [0.717, 1.165) is 16.9 Å². The van der Waals surface area contributed by atoms with E-state index >= 15 is 0 Å². The van der Waals surface area contributed by atoms with Crippen molar-refractivity contribution in [3.8, 4) is 16.9 Å². The van der Waals surface area contributed by atoms with Gasteiger partial charge in [-0.05, 0) is 29.7 Å².